The molecule has 0 aromatic heterocycles. The van der Waals surface area contributed by atoms with Crippen LogP contribution in [0.25, 0.3) is 0 Å². The van der Waals surface area contributed by atoms with Crippen LogP contribution < -0.4 is 17.0 Å². The fourth-order valence-corrected chi connectivity index (χ4v) is 2.59. The molecule has 0 fully saturated rings. The van der Waals surface area contributed by atoms with Crippen molar-refractivity contribution in [3.63, 3.8) is 0 Å². The van der Waals surface area contributed by atoms with Crippen molar-refractivity contribution in [3.05, 3.63) is 0 Å². The second kappa shape index (κ2) is 14.4. The van der Waals surface area contributed by atoms with E-state index in [1.807, 2.05) is 0 Å². The third kappa shape index (κ3) is 12.2. The van der Waals surface area contributed by atoms with Gasteiger partial charge in [0.1, 0.15) is 0 Å². The lowest BCUT2D eigenvalue weighted by Crippen LogP contribution is -3.00. The Morgan fingerprint density at radius 2 is 1.10 bits per heavy atom. The zero-order chi connectivity index (χ0) is 14.6. The molecule has 124 valence electrons. The first kappa shape index (κ1) is 22.7. The van der Waals surface area contributed by atoms with Gasteiger partial charge in [-0.1, -0.05) is 64.7 Å². The Labute approximate surface area is 139 Å². The lowest BCUT2D eigenvalue weighted by Gasteiger charge is -2.35. The maximum absolute atomic E-state index is 2.41. The minimum Gasteiger partial charge on any atom is -1.00 e. The van der Waals surface area contributed by atoms with Gasteiger partial charge in [0.25, 0.3) is 0 Å². The Morgan fingerprint density at radius 1 is 0.700 bits per heavy atom. The summed E-state index contributed by atoms with van der Waals surface area (Å²) in [5, 5.41) is 0. The standard InChI is InChI=1S/C18H40N.BrH/c1-6-8-9-10-11-12-13-14-15-16-17-18(3)19(4,5)7-2;/h18H,6-17H2,1-5H3;1H/q+1;/p-1. The Hall–Kier alpha value is 0.440. The highest BCUT2D eigenvalue weighted by atomic mass is 79.9. The van der Waals surface area contributed by atoms with Crippen molar-refractivity contribution < 1.29 is 21.5 Å². The van der Waals surface area contributed by atoms with Gasteiger partial charge in [-0.25, -0.2) is 0 Å². The van der Waals surface area contributed by atoms with Gasteiger partial charge in [-0.05, 0) is 26.7 Å². The van der Waals surface area contributed by atoms with Crippen molar-refractivity contribution in [1.29, 1.82) is 0 Å². The molecule has 0 amide bonds. The summed E-state index contributed by atoms with van der Waals surface area (Å²) in [5.74, 6) is 0. The quantitative estimate of drug-likeness (QED) is 0.354. The van der Waals surface area contributed by atoms with E-state index >= 15 is 0 Å². The van der Waals surface area contributed by atoms with Gasteiger partial charge in [-0.3, -0.25) is 0 Å². The van der Waals surface area contributed by atoms with Crippen molar-refractivity contribution in [2.45, 2.75) is 97.4 Å². The zero-order valence-electron chi connectivity index (χ0n) is 14.9. The lowest BCUT2D eigenvalue weighted by atomic mass is 10.0. The van der Waals surface area contributed by atoms with Crippen LogP contribution >= 0.6 is 0 Å². The van der Waals surface area contributed by atoms with Crippen LogP contribution in [0.2, 0.25) is 0 Å². The molecule has 0 aliphatic rings. The number of rotatable bonds is 13. The molecule has 20 heavy (non-hydrogen) atoms. The number of quaternary nitrogens is 1. The summed E-state index contributed by atoms with van der Waals surface area (Å²) in [7, 11) is 4.72. The van der Waals surface area contributed by atoms with Gasteiger partial charge in [0, 0.05) is 0 Å². The maximum Gasteiger partial charge on any atom is 0.0857 e. The van der Waals surface area contributed by atoms with E-state index in [9.17, 15) is 0 Å². The van der Waals surface area contributed by atoms with Gasteiger partial charge in [-0.2, -0.15) is 0 Å². The van der Waals surface area contributed by atoms with E-state index in [2.05, 4.69) is 34.9 Å². The maximum atomic E-state index is 2.41. The third-order valence-corrected chi connectivity index (χ3v) is 4.98. The van der Waals surface area contributed by atoms with E-state index < -0.39 is 0 Å². The lowest BCUT2D eigenvalue weighted by molar-refractivity contribution is -0.911. The number of hydrogen-bond donors (Lipinski definition) is 0. The summed E-state index contributed by atoms with van der Waals surface area (Å²) in [6.07, 6.45) is 15.9. The minimum absolute atomic E-state index is 0. The Morgan fingerprint density at radius 3 is 1.50 bits per heavy atom. The van der Waals surface area contributed by atoms with Crippen LogP contribution in [0.3, 0.4) is 0 Å². The van der Waals surface area contributed by atoms with Gasteiger partial charge in [0.2, 0.25) is 0 Å². The average molecular weight is 350 g/mol. The Balaban J connectivity index is 0. The zero-order valence-corrected chi connectivity index (χ0v) is 16.5. The molecule has 0 bridgehead atoms. The molecular formula is C18H40BrN. The summed E-state index contributed by atoms with van der Waals surface area (Å²) in [4.78, 5) is 0. The van der Waals surface area contributed by atoms with E-state index in [0.717, 1.165) is 6.04 Å². The van der Waals surface area contributed by atoms with Crippen molar-refractivity contribution in [2.24, 2.45) is 0 Å². The largest absolute Gasteiger partial charge is 1.00 e. The van der Waals surface area contributed by atoms with E-state index in [-0.39, 0.29) is 17.0 Å². The first-order valence-electron chi connectivity index (χ1n) is 8.87. The van der Waals surface area contributed by atoms with Crippen LogP contribution in [0.5, 0.6) is 0 Å². The number of halogens is 1. The van der Waals surface area contributed by atoms with Gasteiger partial charge < -0.3 is 21.5 Å². The third-order valence-electron chi connectivity index (χ3n) is 4.98. The minimum atomic E-state index is 0. The Bertz CT molecular complexity index is 192. The first-order valence-corrected chi connectivity index (χ1v) is 8.87. The van der Waals surface area contributed by atoms with Crippen molar-refractivity contribution in [1.82, 2.24) is 0 Å². The smallest absolute Gasteiger partial charge is 0.0857 e. The number of hydrogen-bond acceptors (Lipinski definition) is 0. The molecule has 0 rings (SSSR count). The normalized spacial score (nSPS) is 13.1. The molecule has 2 heteroatoms. The topological polar surface area (TPSA) is 0 Å². The predicted molar refractivity (Wildman–Crippen MR) is 88.6 cm³/mol. The molecule has 1 atom stereocenters. The second-order valence-electron chi connectivity index (χ2n) is 6.91. The highest BCUT2D eigenvalue weighted by Crippen LogP contribution is 2.15. The molecule has 1 nitrogen and oxygen atoms in total. The fraction of sp³-hybridized carbons (Fsp3) is 1.00. The molecule has 0 N–H and O–H groups in total. The summed E-state index contributed by atoms with van der Waals surface area (Å²) in [6.45, 7) is 8.25. The van der Waals surface area contributed by atoms with Crippen LogP contribution in [0, 0.1) is 0 Å². The van der Waals surface area contributed by atoms with Gasteiger partial charge in [0.15, 0.2) is 0 Å². The van der Waals surface area contributed by atoms with Crippen LogP contribution in [0.1, 0.15) is 91.4 Å². The molecule has 0 saturated carbocycles. The highest BCUT2D eigenvalue weighted by Gasteiger charge is 2.20. The number of nitrogens with zero attached hydrogens (tertiary/aromatic N) is 1. The molecule has 0 aliphatic heterocycles. The van der Waals surface area contributed by atoms with Crippen LogP contribution in [0.4, 0.5) is 0 Å². The monoisotopic (exact) mass is 349 g/mol. The van der Waals surface area contributed by atoms with Crippen molar-refractivity contribution in [2.75, 3.05) is 20.6 Å². The summed E-state index contributed by atoms with van der Waals surface area (Å²) in [5.41, 5.74) is 0. The Kier molecular flexibility index (Phi) is 16.3. The molecular weight excluding hydrogens is 310 g/mol. The molecule has 0 saturated heterocycles. The van der Waals surface area contributed by atoms with E-state index in [0.29, 0.717) is 0 Å². The molecule has 0 spiro atoms. The molecule has 0 aliphatic carbocycles. The van der Waals surface area contributed by atoms with Crippen LogP contribution in [-0.4, -0.2) is 31.2 Å². The van der Waals surface area contributed by atoms with Gasteiger partial charge in [-0.15, -0.1) is 0 Å². The van der Waals surface area contributed by atoms with Gasteiger partial charge in [0.05, 0.1) is 26.7 Å². The van der Waals surface area contributed by atoms with Crippen LogP contribution in [-0.2, 0) is 0 Å². The number of unbranched alkanes of at least 4 members (excludes halogenated alkanes) is 9. The van der Waals surface area contributed by atoms with E-state index in [1.165, 1.54) is 81.7 Å². The van der Waals surface area contributed by atoms with Crippen molar-refractivity contribution in [3.8, 4) is 0 Å². The summed E-state index contributed by atoms with van der Waals surface area (Å²) in [6, 6.07) is 0.819. The second-order valence-corrected chi connectivity index (χ2v) is 6.91. The summed E-state index contributed by atoms with van der Waals surface area (Å²) < 4.78 is 1.18. The summed E-state index contributed by atoms with van der Waals surface area (Å²) >= 11 is 0. The molecule has 0 aromatic rings. The predicted octanol–water partition coefficient (Wildman–Crippen LogP) is 2.79. The van der Waals surface area contributed by atoms with E-state index in [1.54, 1.807) is 0 Å². The van der Waals surface area contributed by atoms with E-state index in [4.69, 9.17) is 0 Å². The highest BCUT2D eigenvalue weighted by molar-refractivity contribution is 4.53. The molecule has 0 aromatic carbocycles. The average Bonchev–Trinajstić information content (AvgIpc) is 2.40. The molecule has 0 radical (unpaired) electrons. The fourth-order valence-electron chi connectivity index (χ4n) is 2.59. The molecule has 1 unspecified atom stereocenters. The van der Waals surface area contributed by atoms with Crippen molar-refractivity contribution >= 4 is 0 Å². The van der Waals surface area contributed by atoms with Gasteiger partial charge >= 0.3 is 0 Å². The molecule has 0 heterocycles. The SMILES string of the molecule is CCCCCCCCCCCCC(C)[N+](C)(C)CC.[Br-]. The first-order chi connectivity index (χ1) is 9.04. The van der Waals surface area contributed by atoms with Crippen LogP contribution in [0.15, 0.2) is 0 Å².